The van der Waals surface area contributed by atoms with Crippen molar-refractivity contribution in [1.82, 2.24) is 9.88 Å². The lowest BCUT2D eigenvalue weighted by atomic mass is 10.1. The van der Waals surface area contributed by atoms with E-state index in [1.807, 2.05) is 48.4 Å². The highest BCUT2D eigenvalue weighted by atomic mass is 32.2. The number of aromatic nitrogens is 1. The van der Waals surface area contributed by atoms with Gasteiger partial charge in [-0.15, -0.1) is 11.8 Å². The van der Waals surface area contributed by atoms with Crippen LogP contribution in [0.1, 0.15) is 23.4 Å². The summed E-state index contributed by atoms with van der Waals surface area (Å²) >= 11 is 1.66. The lowest BCUT2D eigenvalue weighted by Gasteiger charge is -2.24. The summed E-state index contributed by atoms with van der Waals surface area (Å²) in [6.45, 7) is 3.19. The van der Waals surface area contributed by atoms with Crippen molar-refractivity contribution in [1.29, 1.82) is 0 Å². The quantitative estimate of drug-likeness (QED) is 0.849. The summed E-state index contributed by atoms with van der Waals surface area (Å²) in [7, 11) is 0. The van der Waals surface area contributed by atoms with Crippen LogP contribution in [0.4, 0.5) is 0 Å². The minimum absolute atomic E-state index is 0.0353. The van der Waals surface area contributed by atoms with E-state index >= 15 is 0 Å². The number of nitrogens with zero attached hydrogens (tertiary/aromatic N) is 2. The Morgan fingerprint density at radius 3 is 3.05 bits per heavy atom. The van der Waals surface area contributed by atoms with E-state index in [4.69, 9.17) is 4.74 Å². The van der Waals surface area contributed by atoms with Crippen molar-refractivity contribution in [2.75, 3.05) is 12.4 Å². The van der Waals surface area contributed by atoms with Crippen LogP contribution in [0, 0.1) is 0 Å². The van der Waals surface area contributed by atoms with Gasteiger partial charge in [0.2, 0.25) is 5.91 Å². The molecule has 0 bridgehead atoms. The minimum atomic E-state index is 0.0353. The highest BCUT2D eigenvalue weighted by molar-refractivity contribution is 8.00. The Labute approximate surface area is 134 Å². The number of amides is 1. The second kappa shape index (κ2) is 6.83. The van der Waals surface area contributed by atoms with Gasteiger partial charge in [0.05, 0.1) is 12.4 Å². The summed E-state index contributed by atoms with van der Waals surface area (Å²) in [6, 6.07) is 11.9. The number of benzene rings is 1. The van der Waals surface area contributed by atoms with Crippen LogP contribution in [-0.4, -0.2) is 28.2 Å². The number of pyridine rings is 1. The average molecular weight is 314 g/mol. The van der Waals surface area contributed by atoms with E-state index in [0.29, 0.717) is 18.9 Å². The molecule has 0 N–H and O–H groups in total. The molecular weight excluding hydrogens is 296 g/mol. The van der Waals surface area contributed by atoms with Crippen LogP contribution in [0.25, 0.3) is 0 Å². The van der Waals surface area contributed by atoms with Gasteiger partial charge in [-0.05, 0) is 36.2 Å². The summed E-state index contributed by atoms with van der Waals surface area (Å²) in [4.78, 5) is 18.3. The first-order valence-electron chi connectivity index (χ1n) is 7.30. The summed E-state index contributed by atoms with van der Waals surface area (Å²) in [5.41, 5.74) is 2.15. The van der Waals surface area contributed by atoms with Crippen LogP contribution in [0.3, 0.4) is 0 Å². The molecule has 1 saturated heterocycles. The number of rotatable bonds is 5. The van der Waals surface area contributed by atoms with Gasteiger partial charge >= 0.3 is 0 Å². The second-order valence-electron chi connectivity index (χ2n) is 5.05. The number of thioether (sulfide) groups is 1. The van der Waals surface area contributed by atoms with Crippen LogP contribution >= 0.6 is 11.8 Å². The molecule has 3 rings (SSSR count). The first kappa shape index (κ1) is 14.9. The van der Waals surface area contributed by atoms with E-state index in [-0.39, 0.29) is 11.3 Å². The van der Waals surface area contributed by atoms with E-state index in [0.717, 1.165) is 16.9 Å². The van der Waals surface area contributed by atoms with Gasteiger partial charge in [-0.3, -0.25) is 9.78 Å². The standard InChI is InChI=1S/C17H18N2O2S/c1-2-21-15-7-3-6-14(9-15)17-19(16(20)12-22-17)11-13-5-4-8-18-10-13/h3-10,17H,2,11-12H2,1H3. The Morgan fingerprint density at radius 1 is 1.36 bits per heavy atom. The predicted octanol–water partition coefficient (Wildman–Crippen LogP) is 3.25. The van der Waals surface area contributed by atoms with Crippen LogP contribution in [0.15, 0.2) is 48.8 Å². The normalized spacial score (nSPS) is 17.8. The molecule has 1 atom stereocenters. The number of hydrogen-bond acceptors (Lipinski definition) is 4. The van der Waals surface area contributed by atoms with Gasteiger partial charge in [0.1, 0.15) is 11.1 Å². The van der Waals surface area contributed by atoms with Crippen LogP contribution < -0.4 is 4.74 Å². The van der Waals surface area contributed by atoms with E-state index in [1.165, 1.54) is 0 Å². The molecule has 1 amide bonds. The fourth-order valence-corrected chi connectivity index (χ4v) is 3.69. The number of hydrogen-bond donors (Lipinski definition) is 0. The Morgan fingerprint density at radius 2 is 2.27 bits per heavy atom. The molecule has 0 spiro atoms. The van der Waals surface area contributed by atoms with Gasteiger partial charge in [-0.2, -0.15) is 0 Å². The number of ether oxygens (including phenoxy) is 1. The molecule has 1 aliphatic rings. The molecule has 22 heavy (non-hydrogen) atoms. The highest BCUT2D eigenvalue weighted by Crippen LogP contribution is 2.40. The smallest absolute Gasteiger partial charge is 0.234 e. The second-order valence-corrected chi connectivity index (χ2v) is 6.12. The minimum Gasteiger partial charge on any atom is -0.494 e. The first-order chi connectivity index (χ1) is 10.8. The van der Waals surface area contributed by atoms with E-state index in [1.54, 1.807) is 18.0 Å². The molecule has 5 heteroatoms. The van der Waals surface area contributed by atoms with Crippen molar-refractivity contribution in [2.24, 2.45) is 0 Å². The van der Waals surface area contributed by atoms with Crippen LogP contribution in [-0.2, 0) is 11.3 Å². The third-order valence-corrected chi connectivity index (χ3v) is 4.75. The number of carbonyl (C=O) groups is 1. The van der Waals surface area contributed by atoms with Gasteiger partial charge in [0, 0.05) is 18.9 Å². The van der Waals surface area contributed by atoms with Crippen molar-refractivity contribution in [3.05, 3.63) is 59.9 Å². The fraction of sp³-hybridized carbons (Fsp3) is 0.294. The largest absolute Gasteiger partial charge is 0.494 e. The molecule has 0 aliphatic carbocycles. The Bertz CT molecular complexity index is 648. The summed E-state index contributed by atoms with van der Waals surface area (Å²) in [5.74, 6) is 1.53. The van der Waals surface area contributed by atoms with E-state index in [9.17, 15) is 4.79 Å². The molecule has 1 unspecified atom stereocenters. The number of carbonyl (C=O) groups excluding carboxylic acids is 1. The van der Waals surface area contributed by atoms with E-state index in [2.05, 4.69) is 11.1 Å². The molecule has 1 aromatic carbocycles. The zero-order chi connectivity index (χ0) is 15.4. The third kappa shape index (κ3) is 3.25. The summed E-state index contributed by atoms with van der Waals surface area (Å²) < 4.78 is 5.56. The van der Waals surface area contributed by atoms with Crippen molar-refractivity contribution >= 4 is 17.7 Å². The lowest BCUT2D eigenvalue weighted by Crippen LogP contribution is -2.27. The molecular formula is C17H18N2O2S. The molecule has 1 aromatic heterocycles. The SMILES string of the molecule is CCOc1cccc(C2SCC(=O)N2Cc2cccnc2)c1. The van der Waals surface area contributed by atoms with Crippen LogP contribution in [0.2, 0.25) is 0 Å². The van der Waals surface area contributed by atoms with Crippen molar-refractivity contribution < 1.29 is 9.53 Å². The van der Waals surface area contributed by atoms with Gasteiger partial charge in [0.15, 0.2) is 0 Å². The zero-order valence-electron chi connectivity index (χ0n) is 12.4. The highest BCUT2D eigenvalue weighted by Gasteiger charge is 2.32. The predicted molar refractivity (Wildman–Crippen MR) is 87.6 cm³/mol. The zero-order valence-corrected chi connectivity index (χ0v) is 13.3. The van der Waals surface area contributed by atoms with Gasteiger partial charge in [0.25, 0.3) is 0 Å². The molecule has 114 valence electrons. The maximum absolute atomic E-state index is 12.2. The lowest BCUT2D eigenvalue weighted by molar-refractivity contribution is -0.128. The molecule has 2 aromatic rings. The first-order valence-corrected chi connectivity index (χ1v) is 8.35. The molecule has 2 heterocycles. The Balaban J connectivity index is 1.82. The van der Waals surface area contributed by atoms with Gasteiger partial charge < -0.3 is 9.64 Å². The van der Waals surface area contributed by atoms with Crippen molar-refractivity contribution in [3.8, 4) is 5.75 Å². The van der Waals surface area contributed by atoms with Gasteiger partial charge in [-0.1, -0.05) is 18.2 Å². The summed E-state index contributed by atoms with van der Waals surface area (Å²) in [5, 5.41) is 0.0353. The Kier molecular flexibility index (Phi) is 4.63. The van der Waals surface area contributed by atoms with Crippen molar-refractivity contribution in [2.45, 2.75) is 18.8 Å². The monoisotopic (exact) mass is 314 g/mol. The average Bonchev–Trinajstić information content (AvgIpc) is 2.90. The third-order valence-electron chi connectivity index (χ3n) is 3.50. The molecule has 1 aliphatic heterocycles. The van der Waals surface area contributed by atoms with Gasteiger partial charge in [-0.25, -0.2) is 0 Å². The maximum atomic E-state index is 12.2. The van der Waals surface area contributed by atoms with E-state index < -0.39 is 0 Å². The maximum Gasteiger partial charge on any atom is 0.234 e. The molecule has 1 fully saturated rings. The topological polar surface area (TPSA) is 42.4 Å². The molecule has 0 saturated carbocycles. The molecule has 0 radical (unpaired) electrons. The molecule has 4 nitrogen and oxygen atoms in total. The van der Waals surface area contributed by atoms with Crippen molar-refractivity contribution in [3.63, 3.8) is 0 Å². The summed E-state index contributed by atoms with van der Waals surface area (Å²) in [6.07, 6.45) is 3.55. The fourth-order valence-electron chi connectivity index (χ4n) is 2.51. The Hall–Kier alpha value is -2.01. The van der Waals surface area contributed by atoms with Crippen LogP contribution in [0.5, 0.6) is 5.75 Å².